The number of halogens is 2. The molecule has 0 spiro atoms. The largest absolute Gasteiger partial charge is 0.233 e. The number of hydrogen-bond donors (Lipinski definition) is 0. The van der Waals surface area contributed by atoms with Crippen molar-refractivity contribution in [3.8, 4) is 21.7 Å². The lowest BCUT2D eigenvalue weighted by atomic mass is 10.1. The van der Waals surface area contributed by atoms with Crippen molar-refractivity contribution in [1.82, 2.24) is 4.98 Å². The minimum atomic E-state index is -4.04. The molecule has 0 atom stereocenters. The molecular formula is C22H15F2NO4S3. The van der Waals surface area contributed by atoms with Crippen molar-refractivity contribution >= 4 is 31.0 Å². The van der Waals surface area contributed by atoms with Crippen LogP contribution >= 0.6 is 11.3 Å². The third kappa shape index (κ3) is 4.34. The average Bonchev–Trinajstić information content (AvgIpc) is 3.20. The predicted molar refractivity (Wildman–Crippen MR) is 118 cm³/mol. The van der Waals surface area contributed by atoms with Gasteiger partial charge in [0.25, 0.3) is 0 Å². The van der Waals surface area contributed by atoms with Crippen LogP contribution in [0.4, 0.5) is 8.78 Å². The Balaban J connectivity index is 1.89. The number of rotatable bonds is 5. The summed E-state index contributed by atoms with van der Waals surface area (Å²) in [5.41, 5.74) is 1.35. The maximum absolute atomic E-state index is 13.4. The molecule has 0 radical (unpaired) electrons. The monoisotopic (exact) mass is 491 g/mol. The highest BCUT2D eigenvalue weighted by Crippen LogP contribution is 2.40. The third-order valence-corrected chi connectivity index (χ3v) is 9.00. The Morgan fingerprint density at radius 2 is 1.16 bits per heavy atom. The standard InChI is InChI=1S/C22H15F2NO4S3/c1-31(26,27)18-10-4-15(5-11-18)21-20(14-2-6-16(23)7-3-14)25-22(30-21)32(28,29)19-12-8-17(24)9-13-19/h2-13H,1H3. The number of thiazole rings is 1. The molecule has 164 valence electrons. The second-order valence-corrected chi connectivity index (χ2v) is 12.1. The molecule has 0 unspecified atom stereocenters. The van der Waals surface area contributed by atoms with E-state index in [2.05, 4.69) is 4.98 Å². The fraction of sp³-hybridized carbons (Fsp3) is 0.0455. The molecule has 0 aliphatic rings. The van der Waals surface area contributed by atoms with Gasteiger partial charge in [0.05, 0.1) is 20.4 Å². The van der Waals surface area contributed by atoms with Crippen LogP contribution in [0.5, 0.6) is 0 Å². The number of hydrogen-bond acceptors (Lipinski definition) is 6. The van der Waals surface area contributed by atoms with E-state index in [1.54, 1.807) is 12.1 Å². The Bertz CT molecular complexity index is 1490. The van der Waals surface area contributed by atoms with Gasteiger partial charge in [0.15, 0.2) is 9.84 Å². The first-order valence-corrected chi connectivity index (χ1v) is 13.3. The molecule has 4 rings (SSSR count). The summed E-state index contributed by atoms with van der Waals surface area (Å²) >= 11 is 0.895. The van der Waals surface area contributed by atoms with Gasteiger partial charge in [-0.05, 0) is 66.2 Å². The van der Waals surface area contributed by atoms with E-state index in [1.807, 2.05) is 0 Å². The number of nitrogens with zero attached hydrogens (tertiary/aromatic N) is 1. The second-order valence-electron chi connectivity index (χ2n) is 6.92. The number of sulfone groups is 2. The molecule has 32 heavy (non-hydrogen) atoms. The van der Waals surface area contributed by atoms with Gasteiger partial charge in [-0.3, -0.25) is 0 Å². The van der Waals surface area contributed by atoms with Crippen molar-refractivity contribution in [3.63, 3.8) is 0 Å². The molecule has 10 heteroatoms. The molecule has 4 aromatic rings. The summed E-state index contributed by atoms with van der Waals surface area (Å²) in [6.45, 7) is 0. The minimum absolute atomic E-state index is 0.114. The van der Waals surface area contributed by atoms with Crippen LogP contribution in [0, 0.1) is 11.6 Å². The first-order chi connectivity index (χ1) is 15.1. The quantitative estimate of drug-likeness (QED) is 0.368. The second kappa shape index (κ2) is 8.19. The van der Waals surface area contributed by atoms with Gasteiger partial charge in [0.1, 0.15) is 11.6 Å². The van der Waals surface area contributed by atoms with Gasteiger partial charge in [-0.1, -0.05) is 12.1 Å². The van der Waals surface area contributed by atoms with E-state index < -0.39 is 31.3 Å². The van der Waals surface area contributed by atoms with Gasteiger partial charge >= 0.3 is 0 Å². The summed E-state index contributed by atoms with van der Waals surface area (Å²) < 4.78 is 76.2. The SMILES string of the molecule is CS(=O)(=O)c1ccc(-c2sc(S(=O)(=O)c3ccc(F)cc3)nc2-c2ccc(F)cc2)cc1. The lowest BCUT2D eigenvalue weighted by Gasteiger charge is -2.04. The number of benzene rings is 3. The van der Waals surface area contributed by atoms with Gasteiger partial charge in [-0.15, -0.1) is 11.3 Å². The molecule has 5 nitrogen and oxygen atoms in total. The van der Waals surface area contributed by atoms with E-state index in [0.29, 0.717) is 21.7 Å². The van der Waals surface area contributed by atoms with Crippen molar-refractivity contribution in [2.45, 2.75) is 14.1 Å². The molecule has 1 aromatic heterocycles. The van der Waals surface area contributed by atoms with Crippen LogP contribution < -0.4 is 0 Å². The lowest BCUT2D eigenvalue weighted by molar-refractivity contribution is 0.593. The summed E-state index contributed by atoms with van der Waals surface area (Å²) in [7, 11) is -7.45. The Morgan fingerprint density at radius 3 is 1.69 bits per heavy atom. The topological polar surface area (TPSA) is 81.2 Å². The summed E-state index contributed by atoms with van der Waals surface area (Å²) in [5.74, 6) is -1.02. The van der Waals surface area contributed by atoms with Crippen LogP contribution in [0.1, 0.15) is 0 Å². The van der Waals surface area contributed by atoms with Crippen molar-refractivity contribution in [1.29, 1.82) is 0 Å². The fourth-order valence-corrected chi connectivity index (χ4v) is 6.32. The normalized spacial score (nSPS) is 12.1. The summed E-state index contributed by atoms with van der Waals surface area (Å²) in [6.07, 6.45) is 1.09. The Morgan fingerprint density at radius 1 is 0.688 bits per heavy atom. The van der Waals surface area contributed by atoms with E-state index in [4.69, 9.17) is 0 Å². The van der Waals surface area contributed by atoms with E-state index in [9.17, 15) is 25.6 Å². The molecule has 3 aromatic carbocycles. The van der Waals surface area contributed by atoms with Gasteiger partial charge < -0.3 is 0 Å². The summed E-state index contributed by atoms with van der Waals surface area (Å²) in [5, 5.41) is 0. The Hall–Kier alpha value is -2.95. The molecule has 0 N–H and O–H groups in total. The molecular weight excluding hydrogens is 476 g/mol. The van der Waals surface area contributed by atoms with Crippen LogP contribution in [0.3, 0.4) is 0 Å². The molecule has 0 amide bonds. The van der Waals surface area contributed by atoms with E-state index in [-0.39, 0.29) is 14.1 Å². The van der Waals surface area contributed by atoms with Crippen molar-refractivity contribution in [2.24, 2.45) is 0 Å². The number of aromatic nitrogens is 1. The van der Waals surface area contributed by atoms with E-state index >= 15 is 0 Å². The van der Waals surface area contributed by atoms with Crippen molar-refractivity contribution in [3.05, 3.63) is 84.4 Å². The molecule has 1 heterocycles. The van der Waals surface area contributed by atoms with Crippen LogP contribution in [0.2, 0.25) is 0 Å². The molecule has 0 aliphatic carbocycles. The van der Waals surface area contributed by atoms with Gasteiger partial charge in [-0.25, -0.2) is 30.6 Å². The average molecular weight is 492 g/mol. The van der Waals surface area contributed by atoms with Gasteiger partial charge in [0.2, 0.25) is 14.2 Å². The first-order valence-electron chi connectivity index (χ1n) is 9.13. The Kier molecular flexibility index (Phi) is 5.70. The third-order valence-electron chi connectivity index (χ3n) is 4.62. The zero-order valence-electron chi connectivity index (χ0n) is 16.5. The molecule has 0 fully saturated rings. The smallest absolute Gasteiger partial charge is 0.224 e. The summed E-state index contributed by atoms with van der Waals surface area (Å²) in [4.78, 5) is 4.80. The first kappa shape index (κ1) is 22.3. The predicted octanol–water partition coefficient (Wildman–Crippen LogP) is 4.99. The van der Waals surface area contributed by atoms with Crippen molar-refractivity contribution in [2.75, 3.05) is 6.26 Å². The molecule has 0 saturated carbocycles. The maximum atomic E-state index is 13.4. The fourth-order valence-electron chi connectivity index (χ4n) is 2.98. The highest BCUT2D eigenvalue weighted by Gasteiger charge is 2.26. The maximum Gasteiger partial charge on any atom is 0.233 e. The molecule has 0 bridgehead atoms. The zero-order valence-corrected chi connectivity index (χ0v) is 18.9. The summed E-state index contributed by atoms with van der Waals surface area (Å²) in [6, 6.07) is 15.8. The minimum Gasteiger partial charge on any atom is -0.224 e. The van der Waals surface area contributed by atoms with Gasteiger partial charge in [-0.2, -0.15) is 0 Å². The highest BCUT2D eigenvalue weighted by atomic mass is 32.2. The van der Waals surface area contributed by atoms with Crippen LogP contribution in [0.25, 0.3) is 21.7 Å². The highest BCUT2D eigenvalue weighted by molar-refractivity contribution is 7.93. The van der Waals surface area contributed by atoms with Crippen LogP contribution in [0.15, 0.2) is 86.9 Å². The van der Waals surface area contributed by atoms with Crippen LogP contribution in [-0.2, 0) is 19.7 Å². The Labute approximate surface area is 187 Å². The van der Waals surface area contributed by atoms with E-state index in [1.165, 1.54) is 36.4 Å². The lowest BCUT2D eigenvalue weighted by Crippen LogP contribution is -2.01. The van der Waals surface area contributed by atoms with Crippen molar-refractivity contribution < 1.29 is 25.6 Å². The van der Waals surface area contributed by atoms with Crippen LogP contribution in [-0.4, -0.2) is 28.1 Å². The van der Waals surface area contributed by atoms with Gasteiger partial charge in [0, 0.05) is 11.8 Å². The molecule has 0 saturated heterocycles. The molecule has 0 aliphatic heterocycles. The van der Waals surface area contributed by atoms with E-state index in [0.717, 1.165) is 41.9 Å². The zero-order chi connectivity index (χ0) is 23.1.